The number of aliphatic hydroxyl groups is 1. The van der Waals surface area contributed by atoms with Crippen molar-refractivity contribution in [2.45, 2.75) is 19.3 Å². The molecule has 0 aliphatic carbocycles. The molecule has 19 heavy (non-hydrogen) atoms. The standard InChI is InChI=1S/C15H24N2O2/c1-16(11-7-4-8-12-18)13-15(19)17(2)14-9-5-3-6-10-14/h3,5-6,9-10,18H,4,7-8,11-13H2,1-2H3. The third kappa shape index (κ3) is 5.85. The van der Waals surface area contributed by atoms with Gasteiger partial charge in [-0.3, -0.25) is 9.69 Å². The Kier molecular flexibility index (Phi) is 7.15. The van der Waals surface area contributed by atoms with E-state index in [1.165, 1.54) is 0 Å². The fourth-order valence-corrected chi connectivity index (χ4v) is 1.88. The van der Waals surface area contributed by atoms with Crippen LogP contribution in [0.5, 0.6) is 0 Å². The number of benzene rings is 1. The van der Waals surface area contributed by atoms with Gasteiger partial charge in [0.2, 0.25) is 5.91 Å². The lowest BCUT2D eigenvalue weighted by Crippen LogP contribution is -2.37. The number of hydrogen-bond acceptors (Lipinski definition) is 3. The number of para-hydroxylation sites is 1. The van der Waals surface area contributed by atoms with E-state index in [1.807, 2.05) is 42.3 Å². The zero-order valence-electron chi connectivity index (χ0n) is 11.9. The molecule has 0 heterocycles. The summed E-state index contributed by atoms with van der Waals surface area (Å²) in [7, 11) is 3.76. The van der Waals surface area contributed by atoms with E-state index in [0.717, 1.165) is 31.5 Å². The summed E-state index contributed by atoms with van der Waals surface area (Å²) < 4.78 is 0. The van der Waals surface area contributed by atoms with Crippen LogP contribution in [0.15, 0.2) is 30.3 Å². The number of carbonyl (C=O) groups is 1. The van der Waals surface area contributed by atoms with Gasteiger partial charge < -0.3 is 10.0 Å². The monoisotopic (exact) mass is 264 g/mol. The molecule has 0 atom stereocenters. The third-order valence-corrected chi connectivity index (χ3v) is 3.12. The van der Waals surface area contributed by atoms with Crippen LogP contribution in [0, 0.1) is 0 Å². The van der Waals surface area contributed by atoms with Crippen molar-refractivity contribution < 1.29 is 9.90 Å². The summed E-state index contributed by atoms with van der Waals surface area (Å²) in [5.74, 6) is 0.0934. The Hall–Kier alpha value is -1.39. The first kappa shape index (κ1) is 15.7. The minimum Gasteiger partial charge on any atom is -0.396 e. The van der Waals surface area contributed by atoms with E-state index in [0.29, 0.717) is 6.54 Å². The number of rotatable bonds is 8. The van der Waals surface area contributed by atoms with Gasteiger partial charge in [0.25, 0.3) is 0 Å². The Bertz CT molecular complexity index is 368. The average Bonchev–Trinajstić information content (AvgIpc) is 2.43. The van der Waals surface area contributed by atoms with Crippen LogP contribution >= 0.6 is 0 Å². The van der Waals surface area contributed by atoms with Crippen LogP contribution in [-0.2, 0) is 4.79 Å². The summed E-state index contributed by atoms with van der Waals surface area (Å²) in [5, 5.41) is 8.70. The van der Waals surface area contributed by atoms with Crippen molar-refractivity contribution in [2.75, 3.05) is 38.7 Å². The number of amides is 1. The van der Waals surface area contributed by atoms with Gasteiger partial charge in [-0.05, 0) is 45.0 Å². The van der Waals surface area contributed by atoms with Crippen LogP contribution in [0.3, 0.4) is 0 Å². The Labute approximate surface area is 115 Å². The van der Waals surface area contributed by atoms with Crippen molar-refractivity contribution in [1.29, 1.82) is 0 Å². The SMILES string of the molecule is CN(CCCCCO)CC(=O)N(C)c1ccccc1. The predicted octanol–water partition coefficient (Wildman–Crippen LogP) is 1.74. The van der Waals surface area contributed by atoms with Crippen LogP contribution in [-0.4, -0.2) is 49.7 Å². The summed E-state index contributed by atoms with van der Waals surface area (Å²) in [6.07, 6.45) is 2.86. The molecule has 0 saturated carbocycles. The van der Waals surface area contributed by atoms with E-state index < -0.39 is 0 Å². The first-order valence-electron chi connectivity index (χ1n) is 6.76. The molecule has 1 aromatic carbocycles. The van der Waals surface area contributed by atoms with Crippen LogP contribution in [0.1, 0.15) is 19.3 Å². The number of unbranched alkanes of at least 4 members (excludes halogenated alkanes) is 2. The number of aliphatic hydroxyl groups excluding tert-OH is 1. The van der Waals surface area contributed by atoms with E-state index >= 15 is 0 Å². The van der Waals surface area contributed by atoms with Gasteiger partial charge in [0, 0.05) is 19.3 Å². The third-order valence-electron chi connectivity index (χ3n) is 3.12. The molecule has 0 fully saturated rings. The summed E-state index contributed by atoms with van der Waals surface area (Å²) in [6, 6.07) is 9.66. The number of nitrogens with zero attached hydrogens (tertiary/aromatic N) is 2. The minimum atomic E-state index is 0.0934. The van der Waals surface area contributed by atoms with Gasteiger partial charge in [0.1, 0.15) is 0 Å². The van der Waals surface area contributed by atoms with E-state index in [9.17, 15) is 4.79 Å². The maximum atomic E-state index is 12.1. The van der Waals surface area contributed by atoms with E-state index in [1.54, 1.807) is 11.9 Å². The summed E-state index contributed by atoms with van der Waals surface area (Å²) in [6.45, 7) is 1.55. The molecule has 1 aromatic rings. The van der Waals surface area contributed by atoms with Gasteiger partial charge >= 0.3 is 0 Å². The topological polar surface area (TPSA) is 43.8 Å². The highest BCUT2D eigenvalue weighted by Crippen LogP contribution is 2.11. The Morgan fingerprint density at radius 1 is 1.11 bits per heavy atom. The molecule has 4 nitrogen and oxygen atoms in total. The second-order valence-electron chi connectivity index (χ2n) is 4.81. The summed E-state index contributed by atoms with van der Waals surface area (Å²) >= 11 is 0. The quantitative estimate of drug-likeness (QED) is 0.727. The molecule has 4 heteroatoms. The summed E-state index contributed by atoms with van der Waals surface area (Å²) in [5.41, 5.74) is 0.918. The van der Waals surface area contributed by atoms with E-state index in [2.05, 4.69) is 0 Å². The molecule has 1 rings (SSSR count). The molecule has 0 radical (unpaired) electrons. The highest BCUT2D eigenvalue weighted by molar-refractivity contribution is 5.94. The lowest BCUT2D eigenvalue weighted by atomic mass is 10.2. The molecular formula is C15H24N2O2. The smallest absolute Gasteiger partial charge is 0.240 e. The van der Waals surface area contributed by atoms with Gasteiger partial charge in [-0.1, -0.05) is 18.2 Å². The minimum absolute atomic E-state index is 0.0934. The lowest BCUT2D eigenvalue weighted by molar-refractivity contribution is -0.119. The molecule has 0 unspecified atom stereocenters. The van der Waals surface area contributed by atoms with Crippen LogP contribution in [0.2, 0.25) is 0 Å². The maximum Gasteiger partial charge on any atom is 0.240 e. The number of hydrogen-bond donors (Lipinski definition) is 1. The Morgan fingerprint density at radius 3 is 2.42 bits per heavy atom. The first-order chi connectivity index (χ1) is 9.15. The normalized spacial score (nSPS) is 10.7. The first-order valence-corrected chi connectivity index (χ1v) is 6.76. The van der Waals surface area contributed by atoms with Gasteiger partial charge in [-0.15, -0.1) is 0 Å². The van der Waals surface area contributed by atoms with Crippen molar-refractivity contribution in [3.63, 3.8) is 0 Å². The largest absolute Gasteiger partial charge is 0.396 e. The maximum absolute atomic E-state index is 12.1. The molecular weight excluding hydrogens is 240 g/mol. The van der Waals surface area contributed by atoms with Crippen molar-refractivity contribution in [3.05, 3.63) is 30.3 Å². The predicted molar refractivity (Wildman–Crippen MR) is 78.3 cm³/mol. The Balaban J connectivity index is 2.33. The van der Waals surface area contributed by atoms with Crippen molar-refractivity contribution in [2.24, 2.45) is 0 Å². The van der Waals surface area contributed by atoms with Crippen LogP contribution < -0.4 is 4.90 Å². The van der Waals surface area contributed by atoms with E-state index in [4.69, 9.17) is 5.11 Å². The summed E-state index contributed by atoms with van der Waals surface area (Å²) in [4.78, 5) is 15.8. The Morgan fingerprint density at radius 2 is 1.79 bits per heavy atom. The van der Waals surface area contributed by atoms with Crippen LogP contribution in [0.25, 0.3) is 0 Å². The average molecular weight is 264 g/mol. The fourth-order valence-electron chi connectivity index (χ4n) is 1.88. The molecule has 0 spiro atoms. The molecule has 0 aliphatic heterocycles. The van der Waals surface area contributed by atoms with E-state index in [-0.39, 0.29) is 12.5 Å². The molecule has 0 bridgehead atoms. The van der Waals surface area contributed by atoms with Crippen molar-refractivity contribution in [3.8, 4) is 0 Å². The lowest BCUT2D eigenvalue weighted by Gasteiger charge is -2.22. The van der Waals surface area contributed by atoms with Gasteiger partial charge in [0.05, 0.1) is 6.54 Å². The zero-order valence-corrected chi connectivity index (χ0v) is 11.9. The molecule has 0 aliphatic rings. The number of anilines is 1. The van der Waals surface area contributed by atoms with Crippen molar-refractivity contribution in [1.82, 2.24) is 4.90 Å². The van der Waals surface area contributed by atoms with Crippen LogP contribution in [0.4, 0.5) is 5.69 Å². The van der Waals surface area contributed by atoms with Gasteiger partial charge in [-0.2, -0.15) is 0 Å². The number of carbonyl (C=O) groups excluding carboxylic acids is 1. The molecule has 106 valence electrons. The second kappa shape index (κ2) is 8.67. The van der Waals surface area contributed by atoms with Crippen molar-refractivity contribution >= 4 is 11.6 Å². The highest BCUT2D eigenvalue weighted by atomic mass is 16.2. The molecule has 1 amide bonds. The van der Waals surface area contributed by atoms with Gasteiger partial charge in [0.15, 0.2) is 0 Å². The second-order valence-corrected chi connectivity index (χ2v) is 4.81. The fraction of sp³-hybridized carbons (Fsp3) is 0.533. The number of likely N-dealkylation sites (N-methyl/N-ethyl adjacent to an activating group) is 2. The molecule has 0 aromatic heterocycles. The van der Waals surface area contributed by atoms with Gasteiger partial charge in [-0.25, -0.2) is 0 Å². The molecule has 0 saturated heterocycles. The highest BCUT2D eigenvalue weighted by Gasteiger charge is 2.12. The zero-order chi connectivity index (χ0) is 14.1. The molecule has 1 N–H and O–H groups in total.